The molecule has 0 aliphatic heterocycles. The number of sulfonamides is 1. The zero-order chi connectivity index (χ0) is 12.3. The van der Waals surface area contributed by atoms with Crippen LogP contribution in [0.4, 0.5) is 0 Å². The minimum Gasteiger partial charge on any atom is -0.388 e. The number of aromatic nitrogens is 1. The molecule has 0 aliphatic carbocycles. The van der Waals surface area contributed by atoms with Gasteiger partial charge in [0.05, 0.1) is 5.69 Å². The van der Waals surface area contributed by atoms with Gasteiger partial charge in [-0.3, -0.25) is 4.98 Å². The molecule has 1 rings (SSSR count). The molecule has 88 valence electrons. The second-order valence-electron chi connectivity index (χ2n) is 3.23. The van der Waals surface area contributed by atoms with E-state index in [0.29, 0.717) is 5.69 Å². The van der Waals surface area contributed by atoms with Crippen molar-refractivity contribution in [3.8, 4) is 0 Å². The van der Waals surface area contributed by atoms with E-state index in [0.717, 1.165) is 0 Å². The second-order valence-corrected chi connectivity index (χ2v) is 5.33. The average Bonchev–Trinajstić information content (AvgIpc) is 2.16. The van der Waals surface area contributed by atoms with Gasteiger partial charge < -0.3 is 5.73 Å². The minimum atomic E-state index is -3.57. The first kappa shape index (κ1) is 13.0. The van der Waals surface area contributed by atoms with Crippen molar-refractivity contribution in [3.05, 3.63) is 24.0 Å². The summed E-state index contributed by atoms with van der Waals surface area (Å²) in [6.45, 7) is 0. The van der Waals surface area contributed by atoms with Gasteiger partial charge in [0.15, 0.2) is 0 Å². The maximum absolute atomic E-state index is 11.7. The van der Waals surface area contributed by atoms with Crippen molar-refractivity contribution in [2.75, 3.05) is 14.1 Å². The summed E-state index contributed by atoms with van der Waals surface area (Å²) in [4.78, 5) is 6.32. The number of hydrazine groups is 1. The predicted molar refractivity (Wildman–Crippen MR) is 64.1 cm³/mol. The summed E-state index contributed by atoms with van der Waals surface area (Å²) in [6, 6.07) is 2.86. The van der Waals surface area contributed by atoms with Crippen molar-refractivity contribution in [2.24, 2.45) is 5.73 Å². The third kappa shape index (κ3) is 3.20. The number of thiocarbonyl (C=S) groups is 1. The summed E-state index contributed by atoms with van der Waals surface area (Å²) in [5, 5.41) is 1.33. The Bertz CT molecular complexity index is 481. The van der Waals surface area contributed by atoms with Crippen molar-refractivity contribution in [1.82, 2.24) is 14.8 Å². The standard InChI is InChI=1S/C8H12N4O2S2/c1-12(2)11-16(13,14)6-3-4-7(8(9)15)10-5-6/h3-5,11H,1-2H3,(H2,9,15). The van der Waals surface area contributed by atoms with Crippen LogP contribution in [0.25, 0.3) is 0 Å². The largest absolute Gasteiger partial charge is 0.388 e. The Hall–Kier alpha value is -1.09. The number of nitrogens with two attached hydrogens (primary N) is 1. The Kier molecular flexibility index (Phi) is 3.92. The highest BCUT2D eigenvalue weighted by Crippen LogP contribution is 2.07. The molecule has 8 heteroatoms. The molecule has 0 radical (unpaired) electrons. The lowest BCUT2D eigenvalue weighted by Crippen LogP contribution is -2.36. The van der Waals surface area contributed by atoms with Gasteiger partial charge in [-0.1, -0.05) is 12.2 Å². The zero-order valence-electron chi connectivity index (χ0n) is 8.84. The van der Waals surface area contributed by atoms with E-state index >= 15 is 0 Å². The van der Waals surface area contributed by atoms with Gasteiger partial charge >= 0.3 is 0 Å². The Morgan fingerprint density at radius 2 is 2.12 bits per heavy atom. The van der Waals surface area contributed by atoms with Crippen LogP contribution in [0.2, 0.25) is 0 Å². The van der Waals surface area contributed by atoms with Gasteiger partial charge in [0, 0.05) is 20.3 Å². The summed E-state index contributed by atoms with van der Waals surface area (Å²) < 4.78 is 23.3. The van der Waals surface area contributed by atoms with E-state index in [-0.39, 0.29) is 9.88 Å². The fraction of sp³-hybridized carbons (Fsp3) is 0.250. The lowest BCUT2D eigenvalue weighted by Gasteiger charge is -2.12. The molecule has 3 N–H and O–H groups in total. The van der Waals surface area contributed by atoms with Crippen LogP contribution in [0.1, 0.15) is 5.69 Å². The molecule has 0 spiro atoms. The topological polar surface area (TPSA) is 88.3 Å². The molecular formula is C8H12N4O2S2. The molecule has 16 heavy (non-hydrogen) atoms. The van der Waals surface area contributed by atoms with Gasteiger partial charge in [-0.2, -0.15) is 0 Å². The summed E-state index contributed by atoms with van der Waals surface area (Å²) in [5.74, 6) is 0. The number of pyridine rings is 1. The second kappa shape index (κ2) is 4.83. The molecule has 0 atom stereocenters. The fourth-order valence-corrected chi connectivity index (χ4v) is 2.12. The van der Waals surface area contributed by atoms with Crippen molar-refractivity contribution in [2.45, 2.75) is 4.90 Å². The first-order chi connectivity index (χ1) is 7.33. The summed E-state index contributed by atoms with van der Waals surface area (Å²) in [7, 11) is -0.417. The normalized spacial score (nSPS) is 11.7. The van der Waals surface area contributed by atoms with E-state index < -0.39 is 10.0 Å². The maximum atomic E-state index is 11.7. The highest BCUT2D eigenvalue weighted by molar-refractivity contribution is 7.89. The molecule has 0 unspecified atom stereocenters. The van der Waals surface area contributed by atoms with E-state index in [1.54, 1.807) is 14.1 Å². The third-order valence-corrected chi connectivity index (χ3v) is 3.28. The SMILES string of the molecule is CN(C)NS(=O)(=O)c1ccc(C(N)=S)nc1. The quantitative estimate of drug-likeness (QED) is 0.559. The van der Waals surface area contributed by atoms with E-state index in [1.807, 2.05) is 0 Å². The minimum absolute atomic E-state index is 0.0567. The summed E-state index contributed by atoms with van der Waals surface area (Å²) in [6.07, 6.45) is 1.21. The zero-order valence-corrected chi connectivity index (χ0v) is 10.5. The van der Waals surface area contributed by atoms with Crippen LogP contribution in [0.15, 0.2) is 23.2 Å². The number of rotatable bonds is 4. The molecule has 1 heterocycles. The van der Waals surface area contributed by atoms with Crippen LogP contribution in [0.5, 0.6) is 0 Å². The maximum Gasteiger partial charge on any atom is 0.254 e. The molecule has 0 aromatic carbocycles. The van der Waals surface area contributed by atoms with Gasteiger partial charge in [-0.15, -0.1) is 4.83 Å². The van der Waals surface area contributed by atoms with Crippen LogP contribution >= 0.6 is 12.2 Å². The Labute approximate surface area is 99.5 Å². The average molecular weight is 260 g/mol. The van der Waals surface area contributed by atoms with Crippen molar-refractivity contribution in [1.29, 1.82) is 0 Å². The predicted octanol–water partition coefficient (Wildman–Crippen LogP) is -0.529. The van der Waals surface area contributed by atoms with E-state index in [2.05, 4.69) is 9.82 Å². The molecular weight excluding hydrogens is 248 g/mol. The summed E-state index contributed by atoms with van der Waals surface area (Å²) >= 11 is 4.71. The van der Waals surface area contributed by atoms with Crippen molar-refractivity contribution >= 4 is 27.2 Å². The Balaban J connectivity index is 3.02. The van der Waals surface area contributed by atoms with Crippen molar-refractivity contribution < 1.29 is 8.42 Å². The van der Waals surface area contributed by atoms with Crippen LogP contribution in [0, 0.1) is 0 Å². The molecule has 0 saturated carbocycles. The Morgan fingerprint density at radius 3 is 2.50 bits per heavy atom. The molecule has 1 aromatic heterocycles. The number of hydrogen-bond donors (Lipinski definition) is 2. The number of hydrogen-bond acceptors (Lipinski definition) is 5. The number of nitrogens with one attached hydrogen (secondary N) is 1. The van der Waals surface area contributed by atoms with E-state index in [9.17, 15) is 8.42 Å². The van der Waals surface area contributed by atoms with Gasteiger partial charge in [0.2, 0.25) is 0 Å². The van der Waals surface area contributed by atoms with Crippen molar-refractivity contribution in [3.63, 3.8) is 0 Å². The number of nitrogens with zero attached hydrogens (tertiary/aromatic N) is 2. The molecule has 0 saturated heterocycles. The van der Waals surface area contributed by atoms with E-state index in [1.165, 1.54) is 23.3 Å². The van der Waals surface area contributed by atoms with Crippen LogP contribution in [-0.2, 0) is 10.0 Å². The lowest BCUT2D eigenvalue weighted by molar-refractivity contribution is 0.364. The molecule has 0 amide bonds. The van der Waals surface area contributed by atoms with E-state index in [4.69, 9.17) is 18.0 Å². The van der Waals surface area contributed by atoms with Gasteiger partial charge in [-0.25, -0.2) is 13.4 Å². The lowest BCUT2D eigenvalue weighted by atomic mass is 10.3. The molecule has 0 fully saturated rings. The van der Waals surface area contributed by atoms with Crippen LogP contribution < -0.4 is 10.6 Å². The Morgan fingerprint density at radius 1 is 1.50 bits per heavy atom. The fourth-order valence-electron chi connectivity index (χ4n) is 0.978. The van der Waals surface area contributed by atoms with Gasteiger partial charge in [0.1, 0.15) is 9.88 Å². The van der Waals surface area contributed by atoms with Crippen LogP contribution in [-0.4, -0.2) is 37.5 Å². The molecule has 1 aromatic rings. The van der Waals surface area contributed by atoms with Gasteiger partial charge in [0.25, 0.3) is 10.0 Å². The third-order valence-electron chi connectivity index (χ3n) is 1.60. The summed E-state index contributed by atoms with van der Waals surface area (Å²) in [5.41, 5.74) is 5.74. The highest BCUT2D eigenvalue weighted by Gasteiger charge is 2.15. The highest BCUT2D eigenvalue weighted by atomic mass is 32.2. The monoisotopic (exact) mass is 260 g/mol. The first-order valence-electron chi connectivity index (χ1n) is 4.28. The molecule has 0 bridgehead atoms. The molecule has 0 aliphatic rings. The molecule has 6 nitrogen and oxygen atoms in total. The van der Waals surface area contributed by atoms with Gasteiger partial charge in [-0.05, 0) is 12.1 Å². The first-order valence-corrected chi connectivity index (χ1v) is 6.17. The van der Waals surface area contributed by atoms with Crippen LogP contribution in [0.3, 0.4) is 0 Å². The smallest absolute Gasteiger partial charge is 0.254 e.